The second-order valence-electron chi connectivity index (χ2n) is 5.86. The normalized spacial score (nSPS) is 12.4. The van der Waals surface area contributed by atoms with Crippen molar-refractivity contribution in [2.45, 2.75) is 39.5 Å². The minimum atomic E-state index is 0.614. The van der Waals surface area contributed by atoms with Gasteiger partial charge in [0.1, 0.15) is 11.5 Å². The zero-order valence-corrected chi connectivity index (χ0v) is 12.7. The van der Waals surface area contributed by atoms with Gasteiger partial charge in [0.15, 0.2) is 0 Å². The van der Waals surface area contributed by atoms with E-state index >= 15 is 0 Å². The minimum absolute atomic E-state index is 0.614. The highest BCUT2D eigenvalue weighted by Gasteiger charge is 2.07. The van der Waals surface area contributed by atoms with Gasteiger partial charge >= 0.3 is 0 Å². The summed E-state index contributed by atoms with van der Waals surface area (Å²) in [6.07, 6.45) is 2.53. The largest absolute Gasteiger partial charge is 0.457 e. The molecule has 0 aromatic heterocycles. The quantitative estimate of drug-likeness (QED) is 0.622. The van der Waals surface area contributed by atoms with Gasteiger partial charge in [0, 0.05) is 0 Å². The average Bonchev–Trinajstić information content (AvgIpc) is 2.46. The monoisotopic (exact) mass is 268 g/mol. The van der Waals surface area contributed by atoms with Crippen molar-refractivity contribution in [1.29, 1.82) is 0 Å². The van der Waals surface area contributed by atoms with E-state index in [-0.39, 0.29) is 0 Å². The Bertz CT molecular complexity index is 499. The van der Waals surface area contributed by atoms with E-state index < -0.39 is 0 Å². The summed E-state index contributed by atoms with van der Waals surface area (Å²) in [6.45, 7) is 6.86. The van der Waals surface area contributed by atoms with E-state index in [4.69, 9.17) is 4.74 Å². The van der Waals surface area contributed by atoms with Crippen molar-refractivity contribution in [1.82, 2.24) is 0 Å². The summed E-state index contributed by atoms with van der Waals surface area (Å²) < 4.78 is 5.81. The molecule has 0 N–H and O–H groups in total. The molecule has 0 aliphatic rings. The molecule has 0 amide bonds. The zero-order valence-electron chi connectivity index (χ0n) is 12.7. The van der Waals surface area contributed by atoms with Gasteiger partial charge in [-0.15, -0.1) is 0 Å². The fourth-order valence-electron chi connectivity index (χ4n) is 2.24. The van der Waals surface area contributed by atoms with Crippen LogP contribution >= 0.6 is 0 Å². The Morgan fingerprint density at radius 3 is 1.95 bits per heavy atom. The Morgan fingerprint density at radius 2 is 1.35 bits per heavy atom. The lowest BCUT2D eigenvalue weighted by atomic mass is 9.93. The second kappa shape index (κ2) is 7.14. The van der Waals surface area contributed by atoms with Crippen LogP contribution in [0.15, 0.2) is 54.6 Å². The van der Waals surface area contributed by atoms with Crippen molar-refractivity contribution in [2.75, 3.05) is 0 Å². The molecule has 20 heavy (non-hydrogen) atoms. The Labute approximate surface area is 122 Å². The summed E-state index contributed by atoms with van der Waals surface area (Å²) >= 11 is 0. The van der Waals surface area contributed by atoms with Crippen molar-refractivity contribution in [2.24, 2.45) is 5.92 Å². The third-order valence-corrected chi connectivity index (χ3v) is 3.61. The van der Waals surface area contributed by atoms with Gasteiger partial charge in [0.05, 0.1) is 0 Å². The maximum absolute atomic E-state index is 5.81. The molecule has 0 radical (unpaired) electrons. The predicted molar refractivity (Wildman–Crippen MR) is 85.4 cm³/mol. The van der Waals surface area contributed by atoms with E-state index in [2.05, 4.69) is 45.0 Å². The number of benzene rings is 2. The van der Waals surface area contributed by atoms with Gasteiger partial charge in [0.2, 0.25) is 0 Å². The van der Waals surface area contributed by atoms with E-state index in [1.807, 2.05) is 30.3 Å². The maximum Gasteiger partial charge on any atom is 0.127 e. The third kappa shape index (κ3) is 4.41. The van der Waals surface area contributed by atoms with Gasteiger partial charge in [-0.3, -0.25) is 0 Å². The third-order valence-electron chi connectivity index (χ3n) is 3.61. The molecule has 1 heteroatoms. The Morgan fingerprint density at radius 1 is 0.750 bits per heavy atom. The van der Waals surface area contributed by atoms with Crippen molar-refractivity contribution >= 4 is 0 Å². The molecule has 1 nitrogen and oxygen atoms in total. The van der Waals surface area contributed by atoms with Crippen LogP contribution in [-0.2, 0) is 0 Å². The van der Waals surface area contributed by atoms with Gasteiger partial charge in [0.25, 0.3) is 0 Å². The molecular formula is C19H24O. The molecule has 1 atom stereocenters. The zero-order chi connectivity index (χ0) is 14.4. The molecule has 0 aliphatic carbocycles. The lowest BCUT2D eigenvalue weighted by molar-refractivity contribution is 0.481. The van der Waals surface area contributed by atoms with Gasteiger partial charge in [-0.25, -0.2) is 0 Å². The first-order valence-electron chi connectivity index (χ1n) is 7.48. The first kappa shape index (κ1) is 14.6. The molecule has 1 unspecified atom stereocenters. The average molecular weight is 268 g/mol. The molecule has 106 valence electrons. The van der Waals surface area contributed by atoms with Gasteiger partial charge < -0.3 is 4.74 Å². The molecule has 2 rings (SSSR count). The van der Waals surface area contributed by atoms with E-state index in [1.165, 1.54) is 18.4 Å². The van der Waals surface area contributed by atoms with Gasteiger partial charge in [-0.2, -0.15) is 0 Å². The molecule has 0 saturated carbocycles. The number of para-hydroxylation sites is 1. The molecule has 0 spiro atoms. The first-order valence-corrected chi connectivity index (χ1v) is 7.48. The molecule has 0 aliphatic heterocycles. The number of hydrogen-bond donors (Lipinski definition) is 0. The highest BCUT2D eigenvalue weighted by molar-refractivity contribution is 5.33. The smallest absolute Gasteiger partial charge is 0.127 e. The molecule has 2 aromatic rings. The summed E-state index contributed by atoms with van der Waals surface area (Å²) in [5, 5.41) is 0. The topological polar surface area (TPSA) is 9.23 Å². The van der Waals surface area contributed by atoms with Crippen LogP contribution in [-0.4, -0.2) is 0 Å². The summed E-state index contributed by atoms with van der Waals surface area (Å²) in [7, 11) is 0. The molecule has 0 heterocycles. The number of ether oxygens (including phenoxy) is 1. The summed E-state index contributed by atoms with van der Waals surface area (Å²) in [6, 6.07) is 18.4. The Kier molecular flexibility index (Phi) is 5.23. The molecule has 2 aromatic carbocycles. The summed E-state index contributed by atoms with van der Waals surface area (Å²) in [4.78, 5) is 0. The molecular weight excluding hydrogens is 244 g/mol. The fraction of sp³-hybridized carbons (Fsp3) is 0.368. The fourth-order valence-corrected chi connectivity index (χ4v) is 2.24. The highest BCUT2D eigenvalue weighted by atomic mass is 16.5. The van der Waals surface area contributed by atoms with Crippen LogP contribution in [0.2, 0.25) is 0 Å². The number of hydrogen-bond acceptors (Lipinski definition) is 1. The van der Waals surface area contributed by atoms with Crippen LogP contribution in [0.5, 0.6) is 11.5 Å². The molecule has 0 bridgehead atoms. The summed E-state index contributed by atoms with van der Waals surface area (Å²) in [5.74, 6) is 3.17. The van der Waals surface area contributed by atoms with Crippen molar-refractivity contribution in [3.63, 3.8) is 0 Å². The van der Waals surface area contributed by atoms with Gasteiger partial charge in [-0.05, 0) is 48.1 Å². The minimum Gasteiger partial charge on any atom is -0.457 e. The van der Waals surface area contributed by atoms with E-state index in [0.717, 1.165) is 17.4 Å². The van der Waals surface area contributed by atoms with Crippen LogP contribution in [0.1, 0.15) is 45.1 Å². The van der Waals surface area contributed by atoms with Crippen molar-refractivity contribution < 1.29 is 4.74 Å². The lowest BCUT2D eigenvalue weighted by Gasteiger charge is -2.14. The van der Waals surface area contributed by atoms with Crippen molar-refractivity contribution in [3.05, 3.63) is 60.2 Å². The SMILES string of the molecule is CC(C)CCC(C)c1ccc(Oc2ccccc2)cc1. The second-order valence-corrected chi connectivity index (χ2v) is 5.86. The highest BCUT2D eigenvalue weighted by Crippen LogP contribution is 2.26. The van der Waals surface area contributed by atoms with Crippen LogP contribution in [0.4, 0.5) is 0 Å². The predicted octanol–water partition coefficient (Wildman–Crippen LogP) is 6.02. The molecule has 0 fully saturated rings. The van der Waals surface area contributed by atoms with E-state index in [9.17, 15) is 0 Å². The Hall–Kier alpha value is -1.76. The maximum atomic E-state index is 5.81. The lowest BCUT2D eigenvalue weighted by Crippen LogP contribution is -1.97. The van der Waals surface area contributed by atoms with E-state index in [0.29, 0.717) is 5.92 Å². The van der Waals surface area contributed by atoms with Crippen LogP contribution < -0.4 is 4.74 Å². The van der Waals surface area contributed by atoms with E-state index in [1.54, 1.807) is 0 Å². The van der Waals surface area contributed by atoms with Crippen LogP contribution in [0.3, 0.4) is 0 Å². The van der Waals surface area contributed by atoms with Crippen LogP contribution in [0.25, 0.3) is 0 Å². The van der Waals surface area contributed by atoms with Crippen LogP contribution in [0, 0.1) is 5.92 Å². The summed E-state index contributed by atoms with van der Waals surface area (Å²) in [5.41, 5.74) is 1.39. The Balaban J connectivity index is 1.96. The van der Waals surface area contributed by atoms with Gasteiger partial charge in [-0.1, -0.05) is 57.5 Å². The standard InChI is InChI=1S/C19H24O/c1-15(2)9-10-16(3)17-11-13-19(14-12-17)20-18-7-5-4-6-8-18/h4-8,11-16H,9-10H2,1-3H3. The number of rotatable bonds is 6. The first-order chi connectivity index (χ1) is 9.65. The molecule has 0 saturated heterocycles. The van der Waals surface area contributed by atoms with Crippen molar-refractivity contribution in [3.8, 4) is 11.5 Å².